The van der Waals surface area contributed by atoms with Crippen molar-refractivity contribution in [2.75, 3.05) is 52.5 Å². The topological polar surface area (TPSA) is 53.1 Å². The second kappa shape index (κ2) is 6.90. The lowest BCUT2D eigenvalue weighted by molar-refractivity contribution is -0.134. The maximum absolute atomic E-state index is 12.6. The fourth-order valence-corrected chi connectivity index (χ4v) is 5.08. The van der Waals surface area contributed by atoms with Gasteiger partial charge in [-0.1, -0.05) is 6.42 Å². The summed E-state index contributed by atoms with van der Waals surface area (Å²) in [4.78, 5) is 30.8. The number of piperazine rings is 1. The summed E-state index contributed by atoms with van der Waals surface area (Å²) in [5.74, 6) is 2.65. The van der Waals surface area contributed by atoms with Crippen LogP contribution in [0.25, 0.3) is 0 Å². The Bertz CT molecular complexity index is 484. The van der Waals surface area contributed by atoms with Crippen molar-refractivity contribution in [1.29, 1.82) is 0 Å². The van der Waals surface area contributed by atoms with Crippen LogP contribution in [-0.4, -0.2) is 79.1 Å². The average Bonchev–Trinajstić information content (AvgIpc) is 3.25. The molecular formula is C18H29N3O3. The van der Waals surface area contributed by atoms with Gasteiger partial charge in [0.2, 0.25) is 5.91 Å². The molecule has 0 radical (unpaired) electrons. The number of urea groups is 1. The summed E-state index contributed by atoms with van der Waals surface area (Å²) < 4.78 is 5.30. The molecule has 4 aliphatic rings. The quantitative estimate of drug-likeness (QED) is 0.767. The largest absolute Gasteiger partial charge is 0.378 e. The van der Waals surface area contributed by atoms with Crippen LogP contribution >= 0.6 is 0 Å². The fraction of sp³-hybridized carbons (Fsp3) is 0.889. The monoisotopic (exact) mass is 335 g/mol. The Labute approximate surface area is 144 Å². The van der Waals surface area contributed by atoms with E-state index in [1.165, 1.54) is 25.7 Å². The zero-order valence-electron chi connectivity index (χ0n) is 14.5. The van der Waals surface area contributed by atoms with Crippen molar-refractivity contribution in [1.82, 2.24) is 14.7 Å². The summed E-state index contributed by atoms with van der Waals surface area (Å²) in [5.41, 5.74) is 0. The molecule has 2 aliphatic carbocycles. The highest BCUT2D eigenvalue weighted by molar-refractivity contribution is 5.78. The van der Waals surface area contributed by atoms with E-state index < -0.39 is 0 Å². The molecule has 0 spiro atoms. The summed E-state index contributed by atoms with van der Waals surface area (Å²) >= 11 is 0. The molecule has 134 valence electrons. The van der Waals surface area contributed by atoms with Gasteiger partial charge in [0.25, 0.3) is 0 Å². The van der Waals surface area contributed by atoms with E-state index in [2.05, 4.69) is 0 Å². The van der Waals surface area contributed by atoms with Crippen LogP contribution in [0.1, 0.15) is 32.1 Å². The van der Waals surface area contributed by atoms with Gasteiger partial charge in [-0.25, -0.2) is 4.79 Å². The highest BCUT2D eigenvalue weighted by Crippen LogP contribution is 2.49. The number of rotatable bonds is 2. The predicted molar refractivity (Wildman–Crippen MR) is 89.5 cm³/mol. The molecule has 4 rings (SSSR count). The molecule has 4 fully saturated rings. The Morgan fingerprint density at radius 2 is 1.50 bits per heavy atom. The van der Waals surface area contributed by atoms with E-state index in [-0.39, 0.29) is 6.03 Å². The molecule has 2 aliphatic heterocycles. The van der Waals surface area contributed by atoms with E-state index in [1.54, 1.807) is 0 Å². The first-order chi connectivity index (χ1) is 11.7. The van der Waals surface area contributed by atoms with Crippen LogP contribution in [0.3, 0.4) is 0 Å². The van der Waals surface area contributed by atoms with Gasteiger partial charge < -0.3 is 19.4 Å². The Kier molecular flexibility index (Phi) is 4.66. The van der Waals surface area contributed by atoms with E-state index >= 15 is 0 Å². The van der Waals surface area contributed by atoms with E-state index in [1.807, 2.05) is 14.7 Å². The Morgan fingerprint density at radius 3 is 2.12 bits per heavy atom. The molecule has 0 aromatic heterocycles. The zero-order chi connectivity index (χ0) is 16.5. The van der Waals surface area contributed by atoms with Crippen molar-refractivity contribution < 1.29 is 14.3 Å². The first-order valence-electron chi connectivity index (χ1n) is 9.60. The number of nitrogens with zero attached hydrogens (tertiary/aromatic N) is 3. The third-order valence-electron chi connectivity index (χ3n) is 6.51. The van der Waals surface area contributed by atoms with Gasteiger partial charge in [0.05, 0.1) is 13.2 Å². The smallest absolute Gasteiger partial charge is 0.320 e. The maximum atomic E-state index is 12.6. The molecular weight excluding hydrogens is 306 g/mol. The summed E-state index contributed by atoms with van der Waals surface area (Å²) in [5, 5.41) is 0. The van der Waals surface area contributed by atoms with Crippen LogP contribution < -0.4 is 0 Å². The van der Waals surface area contributed by atoms with Crippen LogP contribution in [0.5, 0.6) is 0 Å². The van der Waals surface area contributed by atoms with Crippen molar-refractivity contribution in [3.63, 3.8) is 0 Å². The number of fused-ring (bicyclic) bond motifs is 2. The molecule has 2 saturated carbocycles. The Balaban J connectivity index is 1.23. The molecule has 2 heterocycles. The second-order valence-electron chi connectivity index (χ2n) is 7.89. The highest BCUT2D eigenvalue weighted by atomic mass is 16.5. The number of hydrogen-bond donors (Lipinski definition) is 0. The van der Waals surface area contributed by atoms with Gasteiger partial charge in [-0.3, -0.25) is 4.79 Å². The van der Waals surface area contributed by atoms with Crippen molar-refractivity contribution in [2.45, 2.75) is 32.1 Å². The normalized spacial score (nSPS) is 33.2. The number of morpholine rings is 1. The number of amides is 3. The van der Waals surface area contributed by atoms with Crippen LogP contribution in [0.15, 0.2) is 0 Å². The second-order valence-corrected chi connectivity index (χ2v) is 7.89. The van der Waals surface area contributed by atoms with Gasteiger partial charge in [-0.2, -0.15) is 0 Å². The lowest BCUT2D eigenvalue weighted by Gasteiger charge is -2.39. The summed E-state index contributed by atoms with van der Waals surface area (Å²) in [7, 11) is 0. The van der Waals surface area contributed by atoms with Gasteiger partial charge in [0.1, 0.15) is 0 Å². The number of hydrogen-bond acceptors (Lipinski definition) is 3. The SMILES string of the molecule is O=C(CC1CC2CCC1C2)N1CCN(C(=O)N2CCOCC2)CC1. The highest BCUT2D eigenvalue weighted by Gasteiger charge is 2.41. The number of carbonyl (C=O) groups is 2. The summed E-state index contributed by atoms with van der Waals surface area (Å²) in [6.07, 6.45) is 6.09. The van der Waals surface area contributed by atoms with Gasteiger partial charge in [-0.15, -0.1) is 0 Å². The Morgan fingerprint density at radius 1 is 0.833 bits per heavy atom. The van der Waals surface area contributed by atoms with Gasteiger partial charge in [-0.05, 0) is 37.0 Å². The van der Waals surface area contributed by atoms with Crippen molar-refractivity contribution in [3.8, 4) is 0 Å². The van der Waals surface area contributed by atoms with Crippen molar-refractivity contribution in [2.24, 2.45) is 17.8 Å². The van der Waals surface area contributed by atoms with Crippen molar-refractivity contribution in [3.05, 3.63) is 0 Å². The Hall–Kier alpha value is -1.30. The third-order valence-corrected chi connectivity index (χ3v) is 6.51. The van der Waals surface area contributed by atoms with Crippen LogP contribution in [0, 0.1) is 17.8 Å². The molecule has 6 nitrogen and oxygen atoms in total. The zero-order valence-corrected chi connectivity index (χ0v) is 14.5. The lowest BCUT2D eigenvalue weighted by Crippen LogP contribution is -2.55. The van der Waals surface area contributed by atoms with E-state index in [0.29, 0.717) is 64.3 Å². The molecule has 2 bridgehead atoms. The number of carbonyl (C=O) groups excluding carboxylic acids is 2. The molecule has 3 atom stereocenters. The van der Waals surface area contributed by atoms with Crippen LogP contribution in [0.2, 0.25) is 0 Å². The molecule has 3 amide bonds. The third kappa shape index (κ3) is 3.25. The molecule has 3 unspecified atom stereocenters. The first-order valence-corrected chi connectivity index (χ1v) is 9.60. The molecule has 2 saturated heterocycles. The van der Waals surface area contributed by atoms with E-state index in [9.17, 15) is 9.59 Å². The molecule has 0 N–H and O–H groups in total. The van der Waals surface area contributed by atoms with Crippen molar-refractivity contribution >= 4 is 11.9 Å². The summed E-state index contributed by atoms with van der Waals surface area (Å²) in [6.45, 7) is 5.34. The van der Waals surface area contributed by atoms with E-state index in [0.717, 1.165) is 18.3 Å². The van der Waals surface area contributed by atoms with Crippen LogP contribution in [0.4, 0.5) is 4.79 Å². The molecule has 24 heavy (non-hydrogen) atoms. The van der Waals surface area contributed by atoms with Gasteiger partial charge in [0.15, 0.2) is 0 Å². The molecule has 0 aromatic carbocycles. The summed E-state index contributed by atoms with van der Waals surface area (Å²) in [6, 6.07) is 0.110. The van der Waals surface area contributed by atoms with Gasteiger partial charge in [0, 0.05) is 45.7 Å². The van der Waals surface area contributed by atoms with E-state index in [4.69, 9.17) is 4.74 Å². The first kappa shape index (κ1) is 16.2. The minimum atomic E-state index is 0.110. The maximum Gasteiger partial charge on any atom is 0.320 e. The standard InChI is InChI=1S/C18H29N3O3/c22-17(13-16-12-14-1-2-15(16)11-14)19-3-5-20(6-4-19)18(23)21-7-9-24-10-8-21/h14-16H,1-13H2. The average molecular weight is 335 g/mol. The molecule has 6 heteroatoms. The minimum Gasteiger partial charge on any atom is -0.378 e. The minimum absolute atomic E-state index is 0.110. The van der Waals surface area contributed by atoms with Gasteiger partial charge >= 0.3 is 6.03 Å². The fourth-order valence-electron chi connectivity index (χ4n) is 5.08. The van der Waals surface area contributed by atoms with Crippen LogP contribution in [-0.2, 0) is 9.53 Å². The lowest BCUT2D eigenvalue weighted by atomic mass is 9.86. The molecule has 0 aromatic rings. The number of ether oxygens (including phenoxy) is 1. The predicted octanol–water partition coefficient (Wildman–Crippen LogP) is 1.41.